The Kier molecular flexibility index (Phi) is 2.89. The molecule has 0 aliphatic carbocycles. The van der Waals surface area contributed by atoms with Crippen LogP contribution in [0.4, 0.5) is 0 Å². The highest BCUT2D eigenvalue weighted by atomic mass is 16.3. The molecule has 1 rings (SSSR count). The quantitative estimate of drug-likeness (QED) is 0.623. The van der Waals surface area contributed by atoms with Crippen LogP contribution in [0.1, 0.15) is 26.2 Å². The molecular formula is C9H14N2O2. The van der Waals surface area contributed by atoms with E-state index in [-0.39, 0.29) is 12.3 Å². The zero-order valence-electron chi connectivity index (χ0n) is 7.79. The second kappa shape index (κ2) is 3.75. The topological polar surface area (TPSA) is 64.3 Å². The first kappa shape index (κ1) is 10.0. The van der Waals surface area contributed by atoms with Crippen LogP contribution in [0.25, 0.3) is 0 Å². The maximum Gasteiger partial charge on any atom is 0.226 e. The second-order valence-corrected chi connectivity index (χ2v) is 3.45. The summed E-state index contributed by atoms with van der Waals surface area (Å²) in [6.07, 6.45) is 1.23. The Morgan fingerprint density at radius 2 is 2.46 bits per heavy atom. The summed E-state index contributed by atoms with van der Waals surface area (Å²) in [6.45, 7) is 3.22. The van der Waals surface area contributed by atoms with Crippen molar-refractivity contribution in [1.29, 1.82) is 5.26 Å². The third-order valence-corrected chi connectivity index (χ3v) is 2.29. The molecule has 1 atom stereocenters. The highest BCUT2D eigenvalue weighted by Gasteiger charge is 2.36. The van der Waals surface area contributed by atoms with Crippen molar-refractivity contribution in [1.82, 2.24) is 4.90 Å². The predicted molar refractivity (Wildman–Crippen MR) is 46.7 cm³/mol. The van der Waals surface area contributed by atoms with E-state index in [0.29, 0.717) is 13.0 Å². The molecule has 1 unspecified atom stereocenters. The smallest absolute Gasteiger partial charge is 0.226 e. The average molecular weight is 182 g/mol. The van der Waals surface area contributed by atoms with Gasteiger partial charge in [-0.2, -0.15) is 5.26 Å². The monoisotopic (exact) mass is 182 g/mol. The molecule has 0 radical (unpaired) electrons. The van der Waals surface area contributed by atoms with Crippen molar-refractivity contribution in [2.24, 2.45) is 0 Å². The maximum atomic E-state index is 11.4. The number of carbonyl (C=O) groups excluding carboxylic acids is 1. The molecule has 1 N–H and O–H groups in total. The highest BCUT2D eigenvalue weighted by molar-refractivity contribution is 5.78. The molecule has 1 aliphatic heterocycles. The lowest BCUT2D eigenvalue weighted by Gasteiger charge is -2.33. The summed E-state index contributed by atoms with van der Waals surface area (Å²) >= 11 is 0. The molecule has 4 heteroatoms. The van der Waals surface area contributed by atoms with Crippen LogP contribution in [-0.2, 0) is 4.79 Å². The van der Waals surface area contributed by atoms with Crippen LogP contribution in [0.2, 0.25) is 0 Å². The molecule has 4 nitrogen and oxygen atoms in total. The van der Waals surface area contributed by atoms with Gasteiger partial charge in [-0.05, 0) is 6.42 Å². The number of carbonyl (C=O) groups is 1. The maximum absolute atomic E-state index is 11.4. The van der Waals surface area contributed by atoms with E-state index in [0.717, 1.165) is 13.0 Å². The number of piperidine rings is 1. The van der Waals surface area contributed by atoms with E-state index in [9.17, 15) is 9.90 Å². The van der Waals surface area contributed by atoms with Crippen LogP contribution >= 0.6 is 0 Å². The number of hydrogen-bond acceptors (Lipinski definition) is 3. The molecule has 0 saturated carbocycles. The first-order valence-electron chi connectivity index (χ1n) is 4.53. The molecule has 1 saturated heterocycles. The van der Waals surface area contributed by atoms with Crippen molar-refractivity contribution in [2.45, 2.75) is 31.8 Å². The van der Waals surface area contributed by atoms with Crippen molar-refractivity contribution in [3.63, 3.8) is 0 Å². The molecule has 72 valence electrons. The third-order valence-electron chi connectivity index (χ3n) is 2.29. The fourth-order valence-corrected chi connectivity index (χ4v) is 1.50. The van der Waals surface area contributed by atoms with Crippen molar-refractivity contribution < 1.29 is 9.90 Å². The molecule has 1 amide bonds. The molecule has 1 heterocycles. The van der Waals surface area contributed by atoms with Crippen molar-refractivity contribution >= 4 is 5.91 Å². The van der Waals surface area contributed by atoms with E-state index in [2.05, 4.69) is 0 Å². The summed E-state index contributed by atoms with van der Waals surface area (Å²) in [5.41, 5.74) is -1.42. The number of likely N-dealkylation sites (tertiary alicyclic amines) is 1. The number of rotatable bonds is 2. The van der Waals surface area contributed by atoms with E-state index in [1.165, 1.54) is 0 Å². The zero-order valence-corrected chi connectivity index (χ0v) is 7.79. The van der Waals surface area contributed by atoms with Gasteiger partial charge in [0.2, 0.25) is 5.91 Å². The van der Waals surface area contributed by atoms with Gasteiger partial charge in [0, 0.05) is 19.5 Å². The molecule has 1 aliphatic rings. The molecule has 0 aromatic heterocycles. The van der Waals surface area contributed by atoms with E-state index < -0.39 is 5.60 Å². The van der Waals surface area contributed by atoms with Crippen LogP contribution < -0.4 is 0 Å². The summed E-state index contributed by atoms with van der Waals surface area (Å²) in [5, 5.41) is 18.1. The Hall–Kier alpha value is -1.08. The molecule has 0 aromatic carbocycles. The van der Waals surface area contributed by atoms with Gasteiger partial charge in [-0.1, -0.05) is 6.92 Å². The first-order valence-corrected chi connectivity index (χ1v) is 4.53. The van der Waals surface area contributed by atoms with Crippen LogP contribution in [0.15, 0.2) is 0 Å². The molecule has 13 heavy (non-hydrogen) atoms. The van der Waals surface area contributed by atoms with Gasteiger partial charge in [-0.15, -0.1) is 0 Å². The minimum absolute atomic E-state index is 0.0521. The minimum Gasteiger partial charge on any atom is -0.375 e. The number of amides is 1. The van der Waals surface area contributed by atoms with E-state index in [4.69, 9.17) is 5.26 Å². The Morgan fingerprint density at radius 3 is 2.92 bits per heavy atom. The van der Waals surface area contributed by atoms with Crippen LogP contribution in [0.5, 0.6) is 0 Å². The van der Waals surface area contributed by atoms with Gasteiger partial charge in [-0.3, -0.25) is 4.79 Å². The number of hydrogen-bond donors (Lipinski definition) is 1. The molecule has 0 aromatic rings. The van der Waals surface area contributed by atoms with Crippen LogP contribution in [0.3, 0.4) is 0 Å². The standard InChI is InChI=1S/C9H14N2O2/c1-2-4-11-5-3-9(13,7-10)6-8(11)12/h13H,2-6H2,1H3. The summed E-state index contributed by atoms with van der Waals surface area (Å²) < 4.78 is 0. The van der Waals surface area contributed by atoms with E-state index >= 15 is 0 Å². The number of nitriles is 1. The van der Waals surface area contributed by atoms with Crippen LogP contribution in [-0.4, -0.2) is 34.6 Å². The number of nitrogens with zero attached hydrogens (tertiary/aromatic N) is 2. The summed E-state index contributed by atoms with van der Waals surface area (Å²) in [4.78, 5) is 13.1. The fraction of sp³-hybridized carbons (Fsp3) is 0.778. The minimum atomic E-state index is -1.42. The Balaban J connectivity index is 2.58. The van der Waals surface area contributed by atoms with Gasteiger partial charge in [-0.25, -0.2) is 0 Å². The second-order valence-electron chi connectivity index (χ2n) is 3.45. The molecular weight excluding hydrogens is 168 g/mol. The molecule has 1 fully saturated rings. The van der Waals surface area contributed by atoms with Crippen molar-refractivity contribution in [3.05, 3.63) is 0 Å². The summed E-state index contributed by atoms with van der Waals surface area (Å²) in [7, 11) is 0. The molecule has 0 bridgehead atoms. The Bertz CT molecular complexity index is 246. The van der Waals surface area contributed by atoms with Gasteiger partial charge in [0.1, 0.15) is 0 Å². The predicted octanol–water partition coefficient (Wildman–Crippen LogP) is 0.273. The highest BCUT2D eigenvalue weighted by Crippen LogP contribution is 2.22. The summed E-state index contributed by atoms with van der Waals surface area (Å²) in [6, 6.07) is 1.78. The SMILES string of the molecule is CCCN1CCC(O)(C#N)CC1=O. The Labute approximate surface area is 77.8 Å². The lowest BCUT2D eigenvalue weighted by molar-refractivity contribution is -0.139. The summed E-state index contributed by atoms with van der Waals surface area (Å²) in [5.74, 6) is -0.114. The molecule has 0 spiro atoms. The third kappa shape index (κ3) is 2.19. The van der Waals surface area contributed by atoms with Crippen LogP contribution in [0, 0.1) is 11.3 Å². The van der Waals surface area contributed by atoms with Gasteiger partial charge in [0.05, 0.1) is 12.5 Å². The van der Waals surface area contributed by atoms with E-state index in [1.54, 1.807) is 11.0 Å². The first-order chi connectivity index (χ1) is 6.11. The lowest BCUT2D eigenvalue weighted by Crippen LogP contribution is -2.47. The lowest BCUT2D eigenvalue weighted by atomic mass is 9.92. The van der Waals surface area contributed by atoms with Gasteiger partial charge in [0.25, 0.3) is 0 Å². The van der Waals surface area contributed by atoms with Gasteiger partial charge < -0.3 is 10.0 Å². The van der Waals surface area contributed by atoms with Gasteiger partial charge >= 0.3 is 0 Å². The van der Waals surface area contributed by atoms with Gasteiger partial charge in [0.15, 0.2) is 5.60 Å². The average Bonchev–Trinajstić information content (AvgIpc) is 2.11. The number of aliphatic hydroxyl groups is 1. The largest absolute Gasteiger partial charge is 0.375 e. The normalized spacial score (nSPS) is 28.7. The van der Waals surface area contributed by atoms with Crippen molar-refractivity contribution in [2.75, 3.05) is 13.1 Å². The fourth-order valence-electron chi connectivity index (χ4n) is 1.50. The zero-order chi connectivity index (χ0) is 9.90. The Morgan fingerprint density at radius 1 is 1.77 bits per heavy atom. The van der Waals surface area contributed by atoms with Crippen molar-refractivity contribution in [3.8, 4) is 6.07 Å². The van der Waals surface area contributed by atoms with E-state index in [1.807, 2.05) is 6.92 Å².